The van der Waals surface area contributed by atoms with Gasteiger partial charge in [0, 0.05) is 19.7 Å². The molecule has 0 saturated carbocycles. The fourth-order valence-corrected chi connectivity index (χ4v) is 2.01. The zero-order valence-corrected chi connectivity index (χ0v) is 13.5. The third-order valence-electron chi connectivity index (χ3n) is 3.31. The van der Waals surface area contributed by atoms with Gasteiger partial charge < -0.3 is 10.2 Å². The van der Waals surface area contributed by atoms with Crippen LogP contribution < -0.4 is 10.2 Å². The molecule has 0 aliphatic rings. The zero-order valence-electron chi connectivity index (χ0n) is 13.5. The SMILES string of the molecule is CN(C)c1ccc(NC(=O)c2cc(C(F)(F)F)cc(C(F)(F)F)c2)cn1. The van der Waals surface area contributed by atoms with Gasteiger partial charge in [0.25, 0.3) is 5.91 Å². The van der Waals surface area contributed by atoms with Crippen LogP contribution in [0, 0.1) is 0 Å². The first-order chi connectivity index (χ1) is 11.9. The smallest absolute Gasteiger partial charge is 0.363 e. The van der Waals surface area contributed by atoms with Crippen LogP contribution in [0.2, 0.25) is 0 Å². The fraction of sp³-hybridized carbons (Fsp3) is 0.250. The van der Waals surface area contributed by atoms with E-state index in [2.05, 4.69) is 10.3 Å². The van der Waals surface area contributed by atoms with Crippen molar-refractivity contribution in [3.63, 3.8) is 0 Å². The maximum atomic E-state index is 12.8. The molecule has 140 valence electrons. The minimum absolute atomic E-state index is 0.0375. The van der Waals surface area contributed by atoms with Crippen LogP contribution in [0.4, 0.5) is 37.8 Å². The van der Waals surface area contributed by atoms with Crippen LogP contribution in [0.3, 0.4) is 0 Å². The molecule has 2 rings (SSSR count). The molecular formula is C16H13F6N3O. The molecule has 1 heterocycles. The fourth-order valence-electron chi connectivity index (χ4n) is 2.01. The van der Waals surface area contributed by atoms with Gasteiger partial charge in [0.15, 0.2) is 0 Å². The second-order valence-electron chi connectivity index (χ2n) is 5.55. The van der Waals surface area contributed by atoms with E-state index >= 15 is 0 Å². The first-order valence-electron chi connectivity index (χ1n) is 7.12. The highest BCUT2D eigenvalue weighted by Gasteiger charge is 2.37. The van der Waals surface area contributed by atoms with E-state index in [-0.39, 0.29) is 11.8 Å². The lowest BCUT2D eigenvalue weighted by Gasteiger charge is -2.14. The summed E-state index contributed by atoms with van der Waals surface area (Å²) in [5.74, 6) is -0.553. The lowest BCUT2D eigenvalue weighted by atomic mass is 10.0. The van der Waals surface area contributed by atoms with Crippen molar-refractivity contribution in [2.75, 3.05) is 24.3 Å². The number of nitrogens with zero attached hydrogens (tertiary/aromatic N) is 2. The Labute approximate surface area is 144 Å². The average Bonchev–Trinajstić information content (AvgIpc) is 2.53. The number of alkyl halides is 6. The Kier molecular flexibility index (Phi) is 5.15. The summed E-state index contributed by atoms with van der Waals surface area (Å²) in [4.78, 5) is 17.8. The predicted molar refractivity (Wildman–Crippen MR) is 83.0 cm³/mol. The number of carbonyl (C=O) groups is 1. The zero-order chi connectivity index (χ0) is 19.7. The van der Waals surface area contributed by atoms with Crippen molar-refractivity contribution in [2.45, 2.75) is 12.4 Å². The van der Waals surface area contributed by atoms with Crippen molar-refractivity contribution in [1.82, 2.24) is 4.98 Å². The van der Waals surface area contributed by atoms with Crippen LogP contribution in [-0.2, 0) is 12.4 Å². The normalized spacial score (nSPS) is 12.0. The highest BCUT2D eigenvalue weighted by molar-refractivity contribution is 6.04. The summed E-state index contributed by atoms with van der Waals surface area (Å²) >= 11 is 0. The Morgan fingerprint density at radius 3 is 1.88 bits per heavy atom. The van der Waals surface area contributed by atoms with E-state index in [1.165, 1.54) is 18.3 Å². The average molecular weight is 377 g/mol. The lowest BCUT2D eigenvalue weighted by molar-refractivity contribution is -0.143. The van der Waals surface area contributed by atoms with Crippen LogP contribution >= 0.6 is 0 Å². The van der Waals surface area contributed by atoms with Gasteiger partial charge in [0.1, 0.15) is 5.82 Å². The number of rotatable bonds is 3. The number of hydrogen-bond acceptors (Lipinski definition) is 3. The third-order valence-corrected chi connectivity index (χ3v) is 3.31. The first-order valence-corrected chi connectivity index (χ1v) is 7.12. The van der Waals surface area contributed by atoms with E-state index < -0.39 is 35.0 Å². The molecule has 0 aliphatic carbocycles. The molecule has 0 fully saturated rings. The molecule has 26 heavy (non-hydrogen) atoms. The number of amides is 1. The molecule has 0 atom stereocenters. The minimum atomic E-state index is -5.02. The number of halogens is 6. The Hall–Kier alpha value is -2.78. The topological polar surface area (TPSA) is 45.2 Å². The Morgan fingerprint density at radius 1 is 0.962 bits per heavy atom. The first kappa shape index (κ1) is 19.5. The summed E-state index contributed by atoms with van der Waals surface area (Å²) in [5, 5.41) is 2.23. The molecule has 0 bridgehead atoms. The number of carbonyl (C=O) groups excluding carboxylic acids is 1. The number of hydrogen-bond donors (Lipinski definition) is 1. The van der Waals surface area contributed by atoms with Crippen molar-refractivity contribution in [1.29, 1.82) is 0 Å². The summed E-state index contributed by atoms with van der Waals surface area (Å²) in [7, 11) is 3.45. The maximum Gasteiger partial charge on any atom is 0.416 e. The summed E-state index contributed by atoms with van der Waals surface area (Å²) in [6, 6.07) is 3.66. The van der Waals surface area contributed by atoms with Gasteiger partial charge in [0.2, 0.25) is 0 Å². The number of anilines is 2. The molecule has 1 N–H and O–H groups in total. The van der Waals surface area contributed by atoms with E-state index in [1.807, 2.05) is 0 Å². The summed E-state index contributed by atoms with van der Waals surface area (Å²) in [6.07, 6.45) is -8.80. The summed E-state index contributed by atoms with van der Waals surface area (Å²) < 4.78 is 77.0. The second kappa shape index (κ2) is 6.85. The summed E-state index contributed by atoms with van der Waals surface area (Å²) in [5.41, 5.74) is -3.74. The Balaban J connectivity index is 2.35. The number of aromatic nitrogens is 1. The standard InChI is InChI=1S/C16H13F6N3O/c1-25(2)13-4-3-12(8-23-13)24-14(26)9-5-10(15(17,18)19)7-11(6-9)16(20,21)22/h3-8H,1-2H3,(H,24,26). The molecule has 4 nitrogen and oxygen atoms in total. The van der Waals surface area contributed by atoms with Gasteiger partial charge in [-0.25, -0.2) is 4.98 Å². The van der Waals surface area contributed by atoms with Crippen molar-refractivity contribution in [2.24, 2.45) is 0 Å². The van der Waals surface area contributed by atoms with E-state index in [9.17, 15) is 31.1 Å². The van der Waals surface area contributed by atoms with Crippen LogP contribution in [0.25, 0.3) is 0 Å². The number of benzene rings is 1. The van der Waals surface area contributed by atoms with Crippen molar-refractivity contribution >= 4 is 17.4 Å². The van der Waals surface area contributed by atoms with Crippen LogP contribution in [0.15, 0.2) is 36.5 Å². The quantitative estimate of drug-likeness (QED) is 0.805. The predicted octanol–water partition coefficient (Wildman–Crippen LogP) is 4.44. The largest absolute Gasteiger partial charge is 0.416 e. The Morgan fingerprint density at radius 2 is 1.50 bits per heavy atom. The number of pyridine rings is 1. The maximum absolute atomic E-state index is 12.8. The number of nitrogens with one attached hydrogen (secondary N) is 1. The van der Waals surface area contributed by atoms with Gasteiger partial charge in [-0.1, -0.05) is 0 Å². The Bertz CT molecular complexity index is 765. The van der Waals surface area contributed by atoms with E-state index in [0.717, 1.165) is 0 Å². The second-order valence-corrected chi connectivity index (χ2v) is 5.55. The van der Waals surface area contributed by atoms with Crippen molar-refractivity contribution in [3.05, 3.63) is 53.2 Å². The van der Waals surface area contributed by atoms with Gasteiger partial charge in [-0.2, -0.15) is 26.3 Å². The van der Waals surface area contributed by atoms with Crippen molar-refractivity contribution in [3.8, 4) is 0 Å². The van der Waals surface area contributed by atoms with E-state index in [4.69, 9.17) is 0 Å². The van der Waals surface area contributed by atoms with E-state index in [0.29, 0.717) is 18.0 Å². The van der Waals surface area contributed by atoms with Crippen LogP contribution in [-0.4, -0.2) is 25.0 Å². The van der Waals surface area contributed by atoms with Crippen molar-refractivity contribution < 1.29 is 31.1 Å². The third kappa shape index (κ3) is 4.64. The monoisotopic (exact) mass is 377 g/mol. The minimum Gasteiger partial charge on any atom is -0.363 e. The molecule has 1 aromatic carbocycles. The lowest BCUT2D eigenvalue weighted by Crippen LogP contribution is -2.17. The molecule has 10 heteroatoms. The molecule has 1 amide bonds. The van der Waals surface area contributed by atoms with Gasteiger partial charge in [-0.3, -0.25) is 4.79 Å². The van der Waals surface area contributed by atoms with Gasteiger partial charge in [0.05, 0.1) is 23.0 Å². The van der Waals surface area contributed by atoms with Gasteiger partial charge in [-0.05, 0) is 30.3 Å². The van der Waals surface area contributed by atoms with Gasteiger partial charge >= 0.3 is 12.4 Å². The van der Waals surface area contributed by atoms with Gasteiger partial charge in [-0.15, -0.1) is 0 Å². The molecule has 0 aliphatic heterocycles. The molecule has 0 unspecified atom stereocenters. The molecular weight excluding hydrogens is 364 g/mol. The highest BCUT2D eigenvalue weighted by atomic mass is 19.4. The van der Waals surface area contributed by atoms with Crippen LogP contribution in [0.1, 0.15) is 21.5 Å². The van der Waals surface area contributed by atoms with E-state index in [1.54, 1.807) is 19.0 Å². The molecule has 0 radical (unpaired) electrons. The highest BCUT2D eigenvalue weighted by Crippen LogP contribution is 2.36. The molecule has 0 spiro atoms. The molecule has 2 aromatic rings. The molecule has 0 saturated heterocycles. The van der Waals surface area contributed by atoms with Crippen LogP contribution in [0.5, 0.6) is 0 Å². The summed E-state index contributed by atoms with van der Waals surface area (Å²) in [6.45, 7) is 0. The molecule has 1 aromatic heterocycles.